The van der Waals surface area contributed by atoms with E-state index in [-0.39, 0.29) is 24.3 Å². The topological polar surface area (TPSA) is 79.3 Å². The number of nitrogens with zero attached hydrogens (tertiary/aromatic N) is 1. The van der Waals surface area contributed by atoms with Crippen molar-refractivity contribution in [3.05, 3.63) is 28.8 Å². The highest BCUT2D eigenvalue weighted by atomic mass is 32.1. The minimum atomic E-state index is -0.917. The number of hydrogen-bond donors (Lipinski definition) is 2. The van der Waals surface area contributed by atoms with E-state index in [1.807, 2.05) is 26.8 Å². The van der Waals surface area contributed by atoms with Gasteiger partial charge in [0, 0.05) is 11.6 Å². The fourth-order valence-corrected chi connectivity index (χ4v) is 2.88. The van der Waals surface area contributed by atoms with E-state index in [9.17, 15) is 9.59 Å². The largest absolute Gasteiger partial charge is 0.481 e. The second-order valence-corrected chi connectivity index (χ2v) is 6.57. The van der Waals surface area contributed by atoms with Crippen molar-refractivity contribution in [3.8, 4) is 0 Å². The summed E-state index contributed by atoms with van der Waals surface area (Å²) in [6, 6.07) is 4.97. The molecule has 0 aliphatic rings. The number of carboxylic acid groups (broad SMARTS) is 1. The predicted octanol–water partition coefficient (Wildman–Crippen LogP) is 2.83. The standard InChI is InChI=1S/C15H18N2O3S/c1-8(2)11(7-14(18)19)17-15(20)10-4-5-13-12(6-10)16-9(3)21-13/h4-6,8,11H,7H2,1-3H3,(H,17,20)(H,18,19). The number of fused-ring (bicyclic) bond motifs is 1. The van der Waals surface area contributed by atoms with Crippen LogP contribution in [-0.2, 0) is 4.79 Å². The molecule has 0 saturated carbocycles. The van der Waals surface area contributed by atoms with Crippen molar-refractivity contribution in [1.29, 1.82) is 0 Å². The number of aliphatic carboxylic acids is 1. The van der Waals surface area contributed by atoms with Gasteiger partial charge in [-0.15, -0.1) is 11.3 Å². The average Bonchev–Trinajstić information content (AvgIpc) is 2.76. The van der Waals surface area contributed by atoms with E-state index >= 15 is 0 Å². The molecule has 1 heterocycles. The highest BCUT2D eigenvalue weighted by molar-refractivity contribution is 7.18. The van der Waals surface area contributed by atoms with Crippen LogP contribution in [0.5, 0.6) is 0 Å². The SMILES string of the molecule is Cc1nc2cc(C(=O)NC(CC(=O)O)C(C)C)ccc2s1. The molecule has 1 aromatic heterocycles. The van der Waals surface area contributed by atoms with Gasteiger partial charge in [-0.1, -0.05) is 13.8 Å². The van der Waals surface area contributed by atoms with Gasteiger partial charge in [0.1, 0.15) is 0 Å². The molecule has 0 radical (unpaired) electrons. The highest BCUT2D eigenvalue weighted by Gasteiger charge is 2.20. The quantitative estimate of drug-likeness (QED) is 0.890. The van der Waals surface area contributed by atoms with Gasteiger partial charge in [-0.2, -0.15) is 0 Å². The maximum atomic E-state index is 12.3. The molecule has 0 fully saturated rings. The third-order valence-electron chi connectivity index (χ3n) is 3.27. The van der Waals surface area contributed by atoms with Gasteiger partial charge in [-0.05, 0) is 31.0 Å². The van der Waals surface area contributed by atoms with Crippen molar-refractivity contribution in [1.82, 2.24) is 10.3 Å². The molecule has 0 aliphatic carbocycles. The van der Waals surface area contributed by atoms with Crippen LogP contribution in [0.1, 0.15) is 35.6 Å². The van der Waals surface area contributed by atoms with Gasteiger partial charge < -0.3 is 10.4 Å². The number of benzene rings is 1. The summed E-state index contributed by atoms with van der Waals surface area (Å²) in [5.74, 6) is -1.13. The first-order valence-corrected chi connectivity index (χ1v) is 7.58. The highest BCUT2D eigenvalue weighted by Crippen LogP contribution is 2.22. The minimum Gasteiger partial charge on any atom is -0.481 e. The molecule has 112 valence electrons. The Kier molecular flexibility index (Phi) is 4.57. The third-order valence-corrected chi connectivity index (χ3v) is 4.22. The molecule has 0 saturated heterocycles. The smallest absolute Gasteiger partial charge is 0.305 e. The first kappa shape index (κ1) is 15.4. The monoisotopic (exact) mass is 306 g/mol. The number of nitrogens with one attached hydrogen (secondary N) is 1. The molecule has 1 unspecified atom stereocenters. The summed E-state index contributed by atoms with van der Waals surface area (Å²) in [5.41, 5.74) is 1.30. The van der Waals surface area contributed by atoms with Gasteiger partial charge in [0.05, 0.1) is 21.6 Å². The van der Waals surface area contributed by atoms with Crippen LogP contribution < -0.4 is 5.32 Å². The molecule has 2 N–H and O–H groups in total. The van der Waals surface area contributed by atoms with E-state index in [0.29, 0.717) is 5.56 Å². The van der Waals surface area contributed by atoms with Gasteiger partial charge in [-0.25, -0.2) is 4.98 Å². The van der Waals surface area contributed by atoms with E-state index < -0.39 is 5.97 Å². The van der Waals surface area contributed by atoms with Crippen molar-refractivity contribution in [2.24, 2.45) is 5.92 Å². The molecule has 2 aromatic rings. The summed E-state index contributed by atoms with van der Waals surface area (Å²) in [4.78, 5) is 27.5. The molecule has 5 nitrogen and oxygen atoms in total. The van der Waals surface area contributed by atoms with Crippen LogP contribution in [0.15, 0.2) is 18.2 Å². The Labute approximate surface area is 127 Å². The number of carbonyl (C=O) groups excluding carboxylic acids is 1. The number of aryl methyl sites for hydroxylation is 1. The Morgan fingerprint density at radius 2 is 2.10 bits per heavy atom. The van der Waals surface area contributed by atoms with Gasteiger partial charge in [0.15, 0.2) is 0 Å². The summed E-state index contributed by atoms with van der Waals surface area (Å²) in [6.45, 7) is 5.70. The molecular weight excluding hydrogens is 288 g/mol. The summed E-state index contributed by atoms with van der Waals surface area (Å²) < 4.78 is 1.04. The average molecular weight is 306 g/mol. The maximum Gasteiger partial charge on any atom is 0.305 e. The Bertz CT molecular complexity index is 679. The Hall–Kier alpha value is -1.95. The van der Waals surface area contributed by atoms with Crippen molar-refractivity contribution in [2.45, 2.75) is 33.2 Å². The fraction of sp³-hybridized carbons (Fsp3) is 0.400. The van der Waals surface area contributed by atoms with Crippen LogP contribution in [0, 0.1) is 12.8 Å². The lowest BCUT2D eigenvalue weighted by molar-refractivity contribution is -0.137. The second kappa shape index (κ2) is 6.22. The van der Waals surface area contributed by atoms with Crippen LogP contribution in [0.4, 0.5) is 0 Å². The van der Waals surface area contributed by atoms with Crippen molar-refractivity contribution in [3.63, 3.8) is 0 Å². The molecule has 0 spiro atoms. The number of hydrogen-bond acceptors (Lipinski definition) is 4. The van der Waals surface area contributed by atoms with Gasteiger partial charge in [0.2, 0.25) is 0 Å². The number of carboxylic acids is 1. The van der Waals surface area contributed by atoms with Crippen LogP contribution in [0.3, 0.4) is 0 Å². The lowest BCUT2D eigenvalue weighted by Crippen LogP contribution is -2.40. The van der Waals surface area contributed by atoms with E-state index in [1.54, 1.807) is 23.5 Å². The third kappa shape index (κ3) is 3.78. The normalized spacial score (nSPS) is 12.6. The first-order chi connectivity index (χ1) is 9.86. The molecule has 1 atom stereocenters. The lowest BCUT2D eigenvalue weighted by Gasteiger charge is -2.20. The zero-order valence-electron chi connectivity index (χ0n) is 12.2. The van der Waals surface area contributed by atoms with Crippen molar-refractivity contribution < 1.29 is 14.7 Å². The van der Waals surface area contributed by atoms with Crippen LogP contribution in [0.2, 0.25) is 0 Å². The number of thiazole rings is 1. The maximum absolute atomic E-state index is 12.3. The van der Waals surface area contributed by atoms with Crippen LogP contribution >= 0.6 is 11.3 Å². The van der Waals surface area contributed by atoms with E-state index in [0.717, 1.165) is 15.2 Å². The first-order valence-electron chi connectivity index (χ1n) is 6.76. The lowest BCUT2D eigenvalue weighted by atomic mass is 10.0. The summed E-state index contributed by atoms with van der Waals surface area (Å²) in [6.07, 6.45) is -0.0819. The molecule has 0 bridgehead atoms. The zero-order valence-corrected chi connectivity index (χ0v) is 13.0. The number of carbonyl (C=O) groups is 2. The number of rotatable bonds is 5. The molecule has 2 rings (SSSR count). The Balaban J connectivity index is 2.18. The van der Waals surface area contributed by atoms with Crippen LogP contribution in [-0.4, -0.2) is 28.0 Å². The predicted molar refractivity (Wildman–Crippen MR) is 82.7 cm³/mol. The zero-order chi connectivity index (χ0) is 15.6. The molecule has 6 heteroatoms. The molecule has 21 heavy (non-hydrogen) atoms. The minimum absolute atomic E-state index is 0.0512. The van der Waals surface area contributed by atoms with Gasteiger partial charge in [-0.3, -0.25) is 9.59 Å². The Morgan fingerprint density at radius 3 is 2.71 bits per heavy atom. The Morgan fingerprint density at radius 1 is 1.38 bits per heavy atom. The molecule has 0 aliphatic heterocycles. The van der Waals surface area contributed by atoms with Gasteiger partial charge in [0.25, 0.3) is 5.91 Å². The summed E-state index contributed by atoms with van der Waals surface area (Å²) in [7, 11) is 0. The molecule has 1 amide bonds. The molecular formula is C15H18N2O3S. The van der Waals surface area contributed by atoms with Gasteiger partial charge >= 0.3 is 5.97 Å². The van der Waals surface area contributed by atoms with Crippen LogP contribution in [0.25, 0.3) is 10.2 Å². The van der Waals surface area contributed by atoms with E-state index in [2.05, 4.69) is 10.3 Å². The number of aromatic nitrogens is 1. The van der Waals surface area contributed by atoms with Crippen molar-refractivity contribution >= 4 is 33.4 Å². The van der Waals surface area contributed by atoms with E-state index in [4.69, 9.17) is 5.11 Å². The summed E-state index contributed by atoms with van der Waals surface area (Å²) >= 11 is 1.58. The summed E-state index contributed by atoms with van der Waals surface area (Å²) in [5, 5.41) is 12.6. The number of amides is 1. The molecule has 1 aromatic carbocycles. The van der Waals surface area contributed by atoms with E-state index in [1.165, 1.54) is 0 Å². The van der Waals surface area contributed by atoms with Crippen molar-refractivity contribution in [2.75, 3.05) is 0 Å². The fourth-order valence-electron chi connectivity index (χ4n) is 2.08. The second-order valence-electron chi connectivity index (χ2n) is 5.34.